The Kier molecular flexibility index (Phi) is 7.66. The number of oxime groups is 1. The first-order valence-corrected chi connectivity index (χ1v) is 9.10. The van der Waals surface area contributed by atoms with Crippen LogP contribution >= 0.6 is 12.4 Å². The molecule has 0 spiro atoms. The van der Waals surface area contributed by atoms with E-state index >= 15 is 0 Å². The average Bonchev–Trinajstić information content (AvgIpc) is 3.17. The van der Waals surface area contributed by atoms with E-state index < -0.39 is 11.9 Å². The molecule has 1 saturated heterocycles. The fourth-order valence-corrected chi connectivity index (χ4v) is 3.65. The van der Waals surface area contributed by atoms with Crippen molar-refractivity contribution in [2.45, 2.75) is 51.2 Å². The van der Waals surface area contributed by atoms with Gasteiger partial charge in [0.25, 0.3) is 0 Å². The molecule has 3 rings (SSSR count). The van der Waals surface area contributed by atoms with Gasteiger partial charge in [0.1, 0.15) is 6.10 Å². The summed E-state index contributed by atoms with van der Waals surface area (Å²) in [5.74, 6) is -1.19. The first kappa shape index (κ1) is 20.5. The van der Waals surface area contributed by atoms with Gasteiger partial charge in [-0.05, 0) is 62.3 Å². The highest BCUT2D eigenvalue weighted by Gasteiger charge is 2.35. The lowest BCUT2D eigenvalue weighted by Gasteiger charge is -2.32. The molecular weight excluding hydrogens is 352 g/mol. The van der Waals surface area contributed by atoms with E-state index in [1.165, 1.54) is 24.0 Å². The quantitative estimate of drug-likeness (QED) is 0.582. The molecular formula is C20H27ClN2O3. The van der Waals surface area contributed by atoms with E-state index in [1.807, 2.05) is 19.1 Å². The third kappa shape index (κ3) is 5.08. The SMILES string of the molecule is CC(O/N=C/c1ccc(C2=CCCC2)cc1)C1NCCCC1C(=O)O.Cl. The number of aliphatic carboxylic acids is 1. The lowest BCUT2D eigenvalue weighted by Crippen LogP contribution is -2.51. The minimum absolute atomic E-state index is 0. The Morgan fingerprint density at radius 3 is 2.77 bits per heavy atom. The molecule has 26 heavy (non-hydrogen) atoms. The zero-order valence-electron chi connectivity index (χ0n) is 15.1. The maximum absolute atomic E-state index is 11.4. The highest BCUT2D eigenvalue weighted by molar-refractivity contribution is 5.85. The molecule has 0 bridgehead atoms. The van der Waals surface area contributed by atoms with Crippen LogP contribution in [0.25, 0.3) is 5.57 Å². The summed E-state index contributed by atoms with van der Waals surface area (Å²) in [5, 5.41) is 16.7. The summed E-state index contributed by atoms with van der Waals surface area (Å²) >= 11 is 0. The van der Waals surface area contributed by atoms with Crippen LogP contribution in [0.1, 0.15) is 50.2 Å². The van der Waals surface area contributed by atoms with E-state index in [4.69, 9.17) is 4.84 Å². The van der Waals surface area contributed by atoms with Gasteiger partial charge in [0.05, 0.1) is 18.2 Å². The van der Waals surface area contributed by atoms with Crippen molar-refractivity contribution in [1.82, 2.24) is 5.32 Å². The molecule has 1 aliphatic heterocycles. The molecule has 3 unspecified atom stereocenters. The molecule has 1 fully saturated rings. The number of piperidine rings is 1. The molecule has 5 nitrogen and oxygen atoms in total. The van der Waals surface area contributed by atoms with Crippen LogP contribution in [0, 0.1) is 5.92 Å². The highest BCUT2D eigenvalue weighted by atomic mass is 35.5. The number of nitrogens with zero attached hydrogens (tertiary/aromatic N) is 1. The number of allylic oxidation sites excluding steroid dienone is 2. The average molecular weight is 379 g/mol. The number of carboxylic acids is 1. The molecule has 6 heteroatoms. The van der Waals surface area contributed by atoms with Crippen LogP contribution in [-0.2, 0) is 9.63 Å². The van der Waals surface area contributed by atoms with Crippen molar-refractivity contribution in [3.8, 4) is 0 Å². The van der Waals surface area contributed by atoms with E-state index in [9.17, 15) is 9.90 Å². The summed E-state index contributed by atoms with van der Waals surface area (Å²) in [4.78, 5) is 16.9. The molecule has 1 aromatic carbocycles. The number of rotatable bonds is 6. The highest BCUT2D eigenvalue weighted by Crippen LogP contribution is 2.27. The fourth-order valence-electron chi connectivity index (χ4n) is 3.65. The minimum atomic E-state index is -0.770. The Labute approximate surface area is 160 Å². The van der Waals surface area contributed by atoms with Crippen molar-refractivity contribution in [2.75, 3.05) is 6.54 Å². The summed E-state index contributed by atoms with van der Waals surface area (Å²) in [5.41, 5.74) is 3.68. The second kappa shape index (κ2) is 9.74. The second-order valence-electron chi connectivity index (χ2n) is 6.86. The van der Waals surface area contributed by atoms with Gasteiger partial charge >= 0.3 is 5.97 Å². The molecule has 1 aromatic rings. The number of carbonyl (C=O) groups is 1. The molecule has 0 aromatic heterocycles. The molecule has 142 valence electrons. The maximum atomic E-state index is 11.4. The van der Waals surface area contributed by atoms with Gasteiger partial charge in [0.2, 0.25) is 0 Å². The number of hydrogen-bond donors (Lipinski definition) is 2. The number of carboxylic acid groups (broad SMARTS) is 1. The molecule has 0 radical (unpaired) electrons. The Morgan fingerprint density at radius 2 is 2.12 bits per heavy atom. The number of halogens is 1. The molecule has 2 N–H and O–H groups in total. The van der Waals surface area contributed by atoms with Crippen molar-refractivity contribution >= 4 is 30.2 Å². The monoisotopic (exact) mass is 378 g/mol. The van der Waals surface area contributed by atoms with E-state index in [0.29, 0.717) is 6.42 Å². The van der Waals surface area contributed by atoms with Gasteiger partial charge in [-0.2, -0.15) is 0 Å². The fraction of sp³-hybridized carbons (Fsp3) is 0.500. The summed E-state index contributed by atoms with van der Waals surface area (Å²) in [6.45, 7) is 2.69. The van der Waals surface area contributed by atoms with Crippen LogP contribution < -0.4 is 5.32 Å². The normalized spacial score (nSPS) is 24.0. The Balaban J connectivity index is 0.00000243. The van der Waals surface area contributed by atoms with Crippen molar-refractivity contribution < 1.29 is 14.7 Å². The predicted octanol–water partition coefficient (Wildman–Crippen LogP) is 3.87. The maximum Gasteiger partial charge on any atom is 0.308 e. The van der Waals surface area contributed by atoms with Crippen LogP contribution in [0.3, 0.4) is 0 Å². The van der Waals surface area contributed by atoms with Gasteiger partial charge in [-0.1, -0.05) is 35.5 Å². The lowest BCUT2D eigenvalue weighted by atomic mass is 9.88. The van der Waals surface area contributed by atoms with Crippen molar-refractivity contribution in [3.05, 3.63) is 41.5 Å². The largest absolute Gasteiger partial charge is 0.481 e. The van der Waals surface area contributed by atoms with Crippen LogP contribution in [0.15, 0.2) is 35.5 Å². The zero-order chi connectivity index (χ0) is 17.6. The van der Waals surface area contributed by atoms with Crippen molar-refractivity contribution in [2.24, 2.45) is 11.1 Å². The number of benzene rings is 1. The standard InChI is InChI=1S/C20H26N2O3.ClH/c1-14(19-18(20(23)24)7-4-12-21-19)25-22-13-15-8-10-17(11-9-15)16-5-2-3-6-16;/h5,8-11,13-14,18-19,21H,2-4,6-7,12H2,1H3,(H,23,24);1H/b22-13+;. The van der Waals surface area contributed by atoms with Crippen LogP contribution in [0.2, 0.25) is 0 Å². The minimum Gasteiger partial charge on any atom is -0.481 e. The summed E-state index contributed by atoms with van der Waals surface area (Å²) in [6.07, 6.45) is 8.85. The Hall–Kier alpha value is -1.85. The summed E-state index contributed by atoms with van der Waals surface area (Å²) in [6, 6.07) is 8.09. The Bertz CT molecular complexity index is 658. The summed E-state index contributed by atoms with van der Waals surface area (Å²) in [7, 11) is 0. The van der Waals surface area contributed by atoms with Crippen molar-refractivity contribution in [1.29, 1.82) is 0 Å². The predicted molar refractivity (Wildman–Crippen MR) is 106 cm³/mol. The zero-order valence-corrected chi connectivity index (χ0v) is 15.9. The van der Waals surface area contributed by atoms with Gasteiger partial charge in [-0.3, -0.25) is 4.79 Å². The lowest BCUT2D eigenvalue weighted by molar-refractivity contribution is -0.145. The smallest absolute Gasteiger partial charge is 0.308 e. The van der Waals surface area contributed by atoms with Crippen LogP contribution in [0.4, 0.5) is 0 Å². The molecule has 1 aliphatic carbocycles. The summed E-state index contributed by atoms with van der Waals surface area (Å²) < 4.78 is 0. The number of hydrogen-bond acceptors (Lipinski definition) is 4. The topological polar surface area (TPSA) is 70.9 Å². The van der Waals surface area contributed by atoms with E-state index in [-0.39, 0.29) is 24.6 Å². The Morgan fingerprint density at radius 1 is 1.35 bits per heavy atom. The van der Waals surface area contributed by atoms with Gasteiger partial charge < -0.3 is 15.3 Å². The molecule has 2 aliphatic rings. The van der Waals surface area contributed by atoms with Gasteiger partial charge in [-0.15, -0.1) is 12.4 Å². The molecule has 3 atom stereocenters. The second-order valence-corrected chi connectivity index (χ2v) is 6.86. The van der Waals surface area contributed by atoms with Crippen LogP contribution in [0.5, 0.6) is 0 Å². The van der Waals surface area contributed by atoms with Crippen molar-refractivity contribution in [3.63, 3.8) is 0 Å². The van der Waals surface area contributed by atoms with E-state index in [2.05, 4.69) is 28.7 Å². The molecule has 1 heterocycles. The third-order valence-corrected chi connectivity index (χ3v) is 5.08. The first-order valence-electron chi connectivity index (χ1n) is 9.10. The van der Waals surface area contributed by atoms with Crippen LogP contribution in [-0.4, -0.2) is 36.0 Å². The number of nitrogens with one attached hydrogen (secondary N) is 1. The van der Waals surface area contributed by atoms with Gasteiger partial charge in [0.15, 0.2) is 0 Å². The van der Waals surface area contributed by atoms with E-state index in [0.717, 1.165) is 24.9 Å². The molecule has 0 amide bonds. The third-order valence-electron chi connectivity index (χ3n) is 5.08. The van der Waals surface area contributed by atoms with E-state index in [1.54, 1.807) is 6.21 Å². The van der Waals surface area contributed by atoms with Gasteiger partial charge in [-0.25, -0.2) is 0 Å². The van der Waals surface area contributed by atoms with Gasteiger partial charge in [0, 0.05) is 0 Å². The molecule has 0 saturated carbocycles. The first-order chi connectivity index (χ1) is 12.1.